The molecule has 34 heavy (non-hydrogen) atoms. The van der Waals surface area contributed by atoms with Crippen LogP contribution in [0.2, 0.25) is 0 Å². The Hall–Kier alpha value is -2.54. The molecule has 0 amide bonds. The lowest BCUT2D eigenvalue weighted by Gasteiger charge is -2.51. The van der Waals surface area contributed by atoms with Gasteiger partial charge in [0, 0.05) is 5.69 Å². The molecule has 0 aliphatic rings. The average Bonchev–Trinajstić information content (AvgIpc) is 2.74. The molecule has 0 radical (unpaired) electrons. The fourth-order valence-corrected chi connectivity index (χ4v) is 5.05. The minimum atomic E-state index is -0.224. The van der Waals surface area contributed by atoms with E-state index in [0.29, 0.717) is 0 Å². The van der Waals surface area contributed by atoms with Gasteiger partial charge in [0.2, 0.25) is 0 Å². The molecule has 3 aromatic rings. The van der Waals surface area contributed by atoms with Gasteiger partial charge in [0.1, 0.15) is 0 Å². The van der Waals surface area contributed by atoms with E-state index in [4.69, 9.17) is 0 Å². The first-order valence-electron chi connectivity index (χ1n) is 12.6. The Kier molecular flexibility index (Phi) is 6.83. The lowest BCUT2D eigenvalue weighted by molar-refractivity contribution is 0.350. The fourth-order valence-electron chi connectivity index (χ4n) is 5.05. The summed E-state index contributed by atoms with van der Waals surface area (Å²) >= 11 is 0. The zero-order valence-electron chi connectivity index (χ0n) is 23.4. The highest BCUT2D eigenvalue weighted by atomic mass is 15.3. The van der Waals surface area contributed by atoms with E-state index >= 15 is 0 Å². The van der Waals surface area contributed by atoms with Crippen molar-refractivity contribution in [3.05, 3.63) is 101 Å². The highest BCUT2D eigenvalue weighted by molar-refractivity contribution is 5.56. The van der Waals surface area contributed by atoms with Crippen LogP contribution >= 0.6 is 0 Å². The maximum atomic E-state index is 2.59. The molecule has 0 aliphatic heterocycles. The van der Waals surface area contributed by atoms with E-state index in [9.17, 15) is 0 Å². The normalized spacial score (nSPS) is 13.1. The Balaban J connectivity index is 2.14. The van der Waals surface area contributed by atoms with Crippen LogP contribution in [0.15, 0.2) is 72.8 Å². The number of nitrogens with zero attached hydrogens (tertiary/aromatic N) is 1. The Labute approximate surface area is 209 Å². The SMILES string of the molecule is Cc1ccc(N(C(C)(C)c2ccc(C(C)(C)C)cc2)C(C)(C)c2ccc(C(C)(C)C)cc2)cc1. The third kappa shape index (κ3) is 5.24. The molecule has 3 aromatic carbocycles. The monoisotopic (exact) mass is 455 g/mol. The van der Waals surface area contributed by atoms with Crippen molar-refractivity contribution in [1.82, 2.24) is 0 Å². The van der Waals surface area contributed by atoms with Crippen LogP contribution in [-0.2, 0) is 21.9 Å². The first kappa shape index (κ1) is 26.1. The second kappa shape index (κ2) is 8.91. The summed E-state index contributed by atoms with van der Waals surface area (Å²) in [6.07, 6.45) is 0. The summed E-state index contributed by atoms with van der Waals surface area (Å²) < 4.78 is 0. The van der Waals surface area contributed by atoms with Crippen molar-refractivity contribution < 1.29 is 0 Å². The van der Waals surface area contributed by atoms with Crippen LogP contribution in [0.3, 0.4) is 0 Å². The molecule has 0 saturated carbocycles. The minimum Gasteiger partial charge on any atom is -0.353 e. The van der Waals surface area contributed by atoms with E-state index in [1.54, 1.807) is 0 Å². The second-order valence-electron chi connectivity index (χ2n) is 12.9. The van der Waals surface area contributed by atoms with Crippen molar-refractivity contribution in [3.63, 3.8) is 0 Å². The second-order valence-corrected chi connectivity index (χ2v) is 12.9. The van der Waals surface area contributed by atoms with Crippen molar-refractivity contribution in [2.24, 2.45) is 0 Å². The van der Waals surface area contributed by atoms with Gasteiger partial charge in [0.25, 0.3) is 0 Å². The lowest BCUT2D eigenvalue weighted by Crippen LogP contribution is -2.52. The van der Waals surface area contributed by atoms with Crippen LogP contribution < -0.4 is 4.90 Å². The van der Waals surface area contributed by atoms with Crippen molar-refractivity contribution in [2.45, 2.75) is 98.1 Å². The number of rotatable bonds is 5. The van der Waals surface area contributed by atoms with Gasteiger partial charge in [-0.2, -0.15) is 0 Å². The van der Waals surface area contributed by atoms with Gasteiger partial charge in [-0.05, 0) is 79.8 Å². The number of anilines is 1. The molecule has 0 unspecified atom stereocenters. The fraction of sp³-hybridized carbons (Fsp3) is 0.455. The van der Waals surface area contributed by atoms with Gasteiger partial charge in [0.15, 0.2) is 0 Å². The zero-order valence-corrected chi connectivity index (χ0v) is 23.4. The number of benzene rings is 3. The van der Waals surface area contributed by atoms with Crippen molar-refractivity contribution in [1.29, 1.82) is 0 Å². The van der Waals surface area contributed by atoms with Crippen LogP contribution in [0.5, 0.6) is 0 Å². The van der Waals surface area contributed by atoms with Gasteiger partial charge in [-0.1, -0.05) is 108 Å². The zero-order chi connectivity index (χ0) is 25.5. The van der Waals surface area contributed by atoms with E-state index in [2.05, 4.69) is 154 Å². The van der Waals surface area contributed by atoms with Crippen LogP contribution in [0.25, 0.3) is 0 Å². The summed E-state index contributed by atoms with van der Waals surface area (Å²) in [5.41, 5.74) is 7.73. The van der Waals surface area contributed by atoms with Crippen LogP contribution in [0.1, 0.15) is 97.1 Å². The Bertz CT molecular complexity index is 1010. The van der Waals surface area contributed by atoms with E-state index in [1.807, 2.05) is 0 Å². The van der Waals surface area contributed by atoms with Crippen molar-refractivity contribution >= 4 is 5.69 Å². The van der Waals surface area contributed by atoms with Gasteiger partial charge in [-0.15, -0.1) is 0 Å². The predicted octanol–water partition coefficient (Wildman–Crippen LogP) is 9.27. The van der Waals surface area contributed by atoms with Crippen LogP contribution in [0, 0.1) is 6.92 Å². The summed E-state index contributed by atoms with van der Waals surface area (Å²) in [6, 6.07) is 27.5. The Morgan fingerprint density at radius 3 is 1.00 bits per heavy atom. The standard InChI is InChI=1S/C33H45N/c1-24-12-22-29(23-13-24)34(32(8,9)27-18-14-25(15-19-27)30(2,3)4)33(10,11)28-20-16-26(17-21-28)31(5,6)7/h12-23H,1-11H3. The van der Waals surface area contributed by atoms with E-state index < -0.39 is 0 Å². The molecule has 3 rings (SSSR count). The highest BCUT2D eigenvalue weighted by Gasteiger charge is 2.40. The molecule has 0 aliphatic carbocycles. The van der Waals surface area contributed by atoms with Crippen LogP contribution in [-0.4, -0.2) is 0 Å². The molecule has 0 fully saturated rings. The highest BCUT2D eigenvalue weighted by Crippen LogP contribution is 2.43. The quantitative estimate of drug-likeness (QED) is 0.370. The largest absolute Gasteiger partial charge is 0.353 e. The first-order chi connectivity index (χ1) is 15.5. The van der Waals surface area contributed by atoms with Gasteiger partial charge in [-0.25, -0.2) is 0 Å². The number of hydrogen-bond donors (Lipinski definition) is 0. The molecule has 0 heterocycles. The Morgan fingerprint density at radius 2 is 0.706 bits per heavy atom. The minimum absolute atomic E-state index is 0.146. The van der Waals surface area contributed by atoms with Crippen molar-refractivity contribution in [3.8, 4) is 0 Å². The third-order valence-electron chi connectivity index (χ3n) is 7.32. The van der Waals surface area contributed by atoms with Crippen molar-refractivity contribution in [2.75, 3.05) is 4.90 Å². The average molecular weight is 456 g/mol. The summed E-state index contributed by atoms with van der Waals surface area (Å²) in [6.45, 7) is 25.2. The van der Waals surface area contributed by atoms with E-state index in [1.165, 1.54) is 33.5 Å². The maximum absolute atomic E-state index is 2.59. The summed E-state index contributed by atoms with van der Waals surface area (Å²) in [5, 5.41) is 0. The number of aryl methyl sites for hydroxylation is 1. The number of hydrogen-bond acceptors (Lipinski definition) is 1. The molecule has 0 N–H and O–H groups in total. The molecule has 182 valence electrons. The van der Waals surface area contributed by atoms with Gasteiger partial charge >= 0.3 is 0 Å². The molecule has 0 aromatic heterocycles. The molecule has 0 bridgehead atoms. The lowest BCUT2D eigenvalue weighted by atomic mass is 9.80. The van der Waals surface area contributed by atoms with Gasteiger partial charge in [0.05, 0.1) is 11.1 Å². The predicted molar refractivity (Wildman–Crippen MR) is 150 cm³/mol. The maximum Gasteiger partial charge on any atom is 0.0606 e. The van der Waals surface area contributed by atoms with E-state index in [0.717, 1.165) is 0 Å². The molecular formula is C33H45N. The molecular weight excluding hydrogens is 410 g/mol. The van der Waals surface area contributed by atoms with E-state index in [-0.39, 0.29) is 21.9 Å². The summed E-state index contributed by atoms with van der Waals surface area (Å²) in [5.74, 6) is 0. The molecule has 0 atom stereocenters. The topological polar surface area (TPSA) is 3.24 Å². The molecule has 1 heteroatoms. The third-order valence-corrected chi connectivity index (χ3v) is 7.32. The van der Waals surface area contributed by atoms with Gasteiger partial charge < -0.3 is 4.90 Å². The van der Waals surface area contributed by atoms with Crippen LogP contribution in [0.4, 0.5) is 5.69 Å². The first-order valence-corrected chi connectivity index (χ1v) is 12.6. The molecule has 1 nitrogen and oxygen atoms in total. The molecule has 0 spiro atoms. The van der Waals surface area contributed by atoms with Gasteiger partial charge in [-0.3, -0.25) is 0 Å². The summed E-state index contributed by atoms with van der Waals surface area (Å²) in [7, 11) is 0. The molecule has 0 saturated heterocycles. The summed E-state index contributed by atoms with van der Waals surface area (Å²) in [4.78, 5) is 2.59. The Morgan fingerprint density at radius 1 is 0.412 bits per heavy atom. The smallest absolute Gasteiger partial charge is 0.0606 e.